The van der Waals surface area contributed by atoms with E-state index in [2.05, 4.69) is 42.8 Å². The van der Waals surface area contributed by atoms with Crippen LogP contribution in [0.3, 0.4) is 0 Å². The fourth-order valence-corrected chi connectivity index (χ4v) is 2.55. The minimum Gasteiger partial charge on any atom is -0.369 e. The number of nitrogens with zero attached hydrogens (tertiary/aromatic N) is 2. The molecule has 1 aromatic rings. The Hall–Kier alpha value is -1.13. The summed E-state index contributed by atoms with van der Waals surface area (Å²) in [6, 6.07) is 4.20. The van der Waals surface area contributed by atoms with Crippen LogP contribution in [-0.2, 0) is 11.2 Å². The predicted molar refractivity (Wildman–Crippen MR) is 73.8 cm³/mol. The van der Waals surface area contributed by atoms with Gasteiger partial charge in [0.05, 0.1) is 11.7 Å². The normalized spacial score (nSPS) is 23.1. The number of rotatable bonds is 3. The number of ether oxygens (including phenoxy) is 1. The van der Waals surface area contributed by atoms with Crippen molar-refractivity contribution in [1.29, 1.82) is 0 Å². The van der Waals surface area contributed by atoms with Crippen LogP contribution in [0.1, 0.15) is 26.3 Å². The molecule has 0 aromatic carbocycles. The molecule has 2 rings (SSSR count). The number of hydrogen-bond donors (Lipinski definition) is 1. The van der Waals surface area contributed by atoms with Crippen LogP contribution in [0.5, 0.6) is 0 Å². The van der Waals surface area contributed by atoms with Crippen LogP contribution in [0.2, 0.25) is 0 Å². The summed E-state index contributed by atoms with van der Waals surface area (Å²) in [5.74, 6) is 1.03. The third-order valence-electron chi connectivity index (χ3n) is 3.14. The Morgan fingerprint density at radius 1 is 1.50 bits per heavy atom. The van der Waals surface area contributed by atoms with E-state index >= 15 is 0 Å². The predicted octanol–water partition coefficient (Wildman–Crippen LogP) is 1.59. The largest absolute Gasteiger partial charge is 0.369 e. The fraction of sp³-hybridized carbons (Fsp3) is 0.643. The van der Waals surface area contributed by atoms with E-state index in [0.717, 1.165) is 25.3 Å². The zero-order valence-corrected chi connectivity index (χ0v) is 11.5. The molecule has 18 heavy (non-hydrogen) atoms. The summed E-state index contributed by atoms with van der Waals surface area (Å²) in [7, 11) is 0. The first-order chi connectivity index (χ1) is 8.50. The lowest BCUT2D eigenvalue weighted by atomic mass is 10.1. The van der Waals surface area contributed by atoms with Gasteiger partial charge in [-0.3, -0.25) is 0 Å². The first kappa shape index (κ1) is 13.3. The van der Waals surface area contributed by atoms with Crippen LogP contribution in [-0.4, -0.2) is 36.3 Å². The lowest BCUT2D eigenvalue weighted by Crippen LogP contribution is -2.52. The highest BCUT2D eigenvalue weighted by molar-refractivity contribution is 5.40. The Balaban J connectivity index is 2.10. The molecule has 2 N–H and O–H groups in total. The van der Waals surface area contributed by atoms with E-state index in [1.807, 2.05) is 6.20 Å². The lowest BCUT2D eigenvalue weighted by Gasteiger charge is -2.42. The van der Waals surface area contributed by atoms with Gasteiger partial charge in [0.25, 0.3) is 0 Å². The Labute approximate surface area is 109 Å². The van der Waals surface area contributed by atoms with Gasteiger partial charge < -0.3 is 15.4 Å². The molecule has 0 bridgehead atoms. The van der Waals surface area contributed by atoms with Crippen LogP contribution >= 0.6 is 0 Å². The van der Waals surface area contributed by atoms with E-state index in [9.17, 15) is 0 Å². The smallest absolute Gasteiger partial charge is 0.128 e. The molecule has 1 saturated heterocycles. The van der Waals surface area contributed by atoms with E-state index in [1.165, 1.54) is 5.56 Å². The Morgan fingerprint density at radius 2 is 2.28 bits per heavy atom. The highest BCUT2D eigenvalue weighted by Gasteiger charge is 2.31. The molecule has 0 spiro atoms. The average molecular weight is 249 g/mol. The highest BCUT2D eigenvalue weighted by Crippen LogP contribution is 2.24. The van der Waals surface area contributed by atoms with Crippen molar-refractivity contribution in [1.82, 2.24) is 4.98 Å². The summed E-state index contributed by atoms with van der Waals surface area (Å²) >= 11 is 0. The van der Waals surface area contributed by atoms with Crippen molar-refractivity contribution in [2.75, 3.05) is 24.5 Å². The van der Waals surface area contributed by atoms with Crippen molar-refractivity contribution in [3.63, 3.8) is 0 Å². The lowest BCUT2D eigenvalue weighted by molar-refractivity contribution is -0.0751. The monoisotopic (exact) mass is 249 g/mol. The molecule has 1 fully saturated rings. The van der Waals surface area contributed by atoms with Crippen LogP contribution in [0, 0.1) is 0 Å². The molecule has 1 atom stereocenters. The molecule has 1 aromatic heterocycles. The van der Waals surface area contributed by atoms with Crippen molar-refractivity contribution in [3.8, 4) is 0 Å². The maximum Gasteiger partial charge on any atom is 0.128 e. The summed E-state index contributed by atoms with van der Waals surface area (Å²) in [4.78, 5) is 6.83. The minimum absolute atomic E-state index is 0.116. The van der Waals surface area contributed by atoms with Gasteiger partial charge in [0, 0.05) is 19.3 Å². The van der Waals surface area contributed by atoms with E-state index in [-0.39, 0.29) is 11.7 Å². The Kier molecular flexibility index (Phi) is 3.88. The second-order valence-corrected chi connectivity index (χ2v) is 5.63. The van der Waals surface area contributed by atoms with Crippen molar-refractivity contribution in [2.24, 2.45) is 5.73 Å². The molecule has 1 aliphatic rings. The second-order valence-electron chi connectivity index (χ2n) is 5.63. The van der Waals surface area contributed by atoms with Crippen LogP contribution in [0.4, 0.5) is 5.82 Å². The second kappa shape index (κ2) is 5.24. The molecule has 4 heteroatoms. The summed E-state index contributed by atoms with van der Waals surface area (Å²) in [6.07, 6.45) is 3.05. The number of aromatic nitrogens is 1. The van der Waals surface area contributed by atoms with Gasteiger partial charge in [-0.25, -0.2) is 4.98 Å². The van der Waals surface area contributed by atoms with Gasteiger partial charge in [-0.2, -0.15) is 0 Å². The molecule has 100 valence electrons. The van der Waals surface area contributed by atoms with Gasteiger partial charge in [0.15, 0.2) is 0 Å². The topological polar surface area (TPSA) is 51.4 Å². The van der Waals surface area contributed by atoms with E-state index in [1.54, 1.807) is 0 Å². The molecular weight excluding hydrogens is 226 g/mol. The number of nitrogens with two attached hydrogens (primary N) is 1. The minimum atomic E-state index is -0.116. The molecule has 0 amide bonds. The fourth-order valence-electron chi connectivity index (χ4n) is 2.55. The maximum atomic E-state index is 5.90. The van der Waals surface area contributed by atoms with Gasteiger partial charge >= 0.3 is 0 Å². The van der Waals surface area contributed by atoms with E-state index in [4.69, 9.17) is 10.5 Å². The van der Waals surface area contributed by atoms with E-state index in [0.29, 0.717) is 6.54 Å². The van der Waals surface area contributed by atoms with Crippen molar-refractivity contribution in [2.45, 2.75) is 38.9 Å². The SMILES string of the molecule is CC1CN(c2ccc(CCN)cn2)CC(C)(C)O1. The number of hydrogen-bond acceptors (Lipinski definition) is 4. The number of morpholine rings is 1. The van der Waals surface area contributed by atoms with E-state index < -0.39 is 0 Å². The number of anilines is 1. The molecule has 0 saturated carbocycles. The zero-order valence-electron chi connectivity index (χ0n) is 11.5. The van der Waals surface area contributed by atoms with Crippen molar-refractivity contribution < 1.29 is 4.74 Å². The van der Waals surface area contributed by atoms with Crippen molar-refractivity contribution >= 4 is 5.82 Å². The molecule has 0 radical (unpaired) electrons. The van der Waals surface area contributed by atoms with Gasteiger partial charge in [-0.15, -0.1) is 0 Å². The summed E-state index contributed by atoms with van der Waals surface area (Å²) in [5.41, 5.74) is 6.62. The summed E-state index contributed by atoms with van der Waals surface area (Å²) in [5, 5.41) is 0. The third-order valence-corrected chi connectivity index (χ3v) is 3.14. The van der Waals surface area contributed by atoms with Crippen molar-refractivity contribution in [3.05, 3.63) is 23.9 Å². The number of pyridine rings is 1. The maximum absolute atomic E-state index is 5.90. The molecule has 1 unspecified atom stereocenters. The van der Waals surface area contributed by atoms with Gasteiger partial charge in [0.1, 0.15) is 5.82 Å². The summed E-state index contributed by atoms with van der Waals surface area (Å²) < 4.78 is 5.90. The first-order valence-electron chi connectivity index (χ1n) is 6.58. The molecule has 4 nitrogen and oxygen atoms in total. The molecule has 0 aliphatic carbocycles. The Bertz CT molecular complexity index is 389. The molecular formula is C14H23N3O. The first-order valence-corrected chi connectivity index (χ1v) is 6.58. The summed E-state index contributed by atoms with van der Waals surface area (Å²) in [6.45, 7) is 8.80. The van der Waals surface area contributed by atoms with Gasteiger partial charge in [0.2, 0.25) is 0 Å². The quantitative estimate of drug-likeness (QED) is 0.884. The average Bonchev–Trinajstić information content (AvgIpc) is 2.27. The van der Waals surface area contributed by atoms with Gasteiger partial charge in [-0.05, 0) is 45.4 Å². The van der Waals surface area contributed by atoms with Crippen LogP contribution in [0.25, 0.3) is 0 Å². The Morgan fingerprint density at radius 3 is 2.83 bits per heavy atom. The zero-order chi connectivity index (χ0) is 13.2. The third kappa shape index (κ3) is 3.21. The highest BCUT2D eigenvalue weighted by atomic mass is 16.5. The molecule has 2 heterocycles. The molecule has 1 aliphatic heterocycles. The standard InChI is InChI=1S/C14H23N3O/c1-11-9-17(10-14(2,3)18-11)13-5-4-12(6-7-15)8-16-13/h4-5,8,11H,6-7,9-10,15H2,1-3H3. The van der Waals surface area contributed by atoms with Gasteiger partial charge in [-0.1, -0.05) is 6.07 Å². The van der Waals surface area contributed by atoms with Crippen LogP contribution in [0.15, 0.2) is 18.3 Å². The van der Waals surface area contributed by atoms with Crippen LogP contribution < -0.4 is 10.6 Å².